The molecule has 8 rings (SSSR count). The van der Waals surface area contributed by atoms with Crippen LogP contribution >= 0.6 is 0 Å². The van der Waals surface area contributed by atoms with Gasteiger partial charge in [0.25, 0.3) is 0 Å². The highest BCUT2D eigenvalue weighted by molar-refractivity contribution is 6.31. The molecule has 4 aromatic rings. The van der Waals surface area contributed by atoms with Gasteiger partial charge in [0.2, 0.25) is 0 Å². The number of aliphatic hydroxyl groups excluding tert-OH is 2. The van der Waals surface area contributed by atoms with Crippen LogP contribution in [-0.4, -0.2) is 27.9 Å². The average Bonchev–Trinajstić information content (AvgIpc) is 3.26. The van der Waals surface area contributed by atoms with Gasteiger partial charge < -0.3 is 10.2 Å². The van der Waals surface area contributed by atoms with Crippen LogP contribution in [0.3, 0.4) is 0 Å². The Kier molecular flexibility index (Phi) is 6.61. The van der Waals surface area contributed by atoms with Crippen LogP contribution in [0.2, 0.25) is 0 Å². The number of benzene rings is 4. The lowest BCUT2D eigenvalue weighted by atomic mass is 9.73. The molecule has 1 fully saturated rings. The third-order valence-corrected chi connectivity index (χ3v) is 12.0. The fourth-order valence-electron chi connectivity index (χ4n) is 9.55. The van der Waals surface area contributed by atoms with Gasteiger partial charge in [-0.05, 0) is 51.8 Å². The van der Waals surface area contributed by atoms with Crippen molar-refractivity contribution in [1.29, 1.82) is 10.5 Å². The summed E-state index contributed by atoms with van der Waals surface area (Å²) in [6.45, 7) is 4.14. The van der Waals surface area contributed by atoms with Crippen LogP contribution < -0.4 is 5.22 Å². The fraction of sp³-hybridized carbons (Fsp3) is 0.400. The zero-order chi connectivity index (χ0) is 32.0. The van der Waals surface area contributed by atoms with Gasteiger partial charge in [-0.25, -0.2) is 0 Å². The number of hydrogen-bond donors (Lipinski definition) is 2. The number of ketones is 2. The third-order valence-electron chi connectivity index (χ3n) is 12.0. The molecule has 230 valence electrons. The van der Waals surface area contributed by atoms with E-state index >= 15 is 0 Å². The van der Waals surface area contributed by atoms with E-state index < -0.39 is 12.0 Å². The number of fused-ring (bicyclic) bond motifs is 2. The van der Waals surface area contributed by atoms with Gasteiger partial charge in [-0.1, -0.05) is 76.7 Å². The number of nitriles is 2. The van der Waals surface area contributed by atoms with E-state index in [9.17, 15) is 30.3 Å². The summed E-state index contributed by atoms with van der Waals surface area (Å²) in [6, 6.07) is 11.9. The molecule has 2 N–H and O–H groups in total. The molecule has 0 saturated heterocycles. The minimum atomic E-state index is -0.770. The number of carbonyl (C=O) groups is 2. The predicted molar refractivity (Wildman–Crippen MR) is 178 cm³/mol. The van der Waals surface area contributed by atoms with E-state index in [4.69, 9.17) is 0 Å². The number of nitrogens with zero attached hydrogens (tertiary/aromatic N) is 2. The first-order valence-electron chi connectivity index (χ1n) is 16.8. The standard InChI is InChI=1S/C40H36N2O4/c1-3-20-15-31(43)29-13-22(17-41)33-25-10-12-27-36-30(32(44)16-28(40(27)46)19(2)21-7-5-4-6-8-21)14-23(18-42)34(38(25)36)24-9-11-26(39(20)45)35(29)37(24)33/h9-14,19-21,26,28,39,45-46H,3-8,15-16H2,1-2H3. The van der Waals surface area contributed by atoms with E-state index in [0.717, 1.165) is 18.2 Å². The number of rotatable bonds is 3. The quantitative estimate of drug-likeness (QED) is 0.181. The monoisotopic (exact) mass is 608 g/mol. The summed E-state index contributed by atoms with van der Waals surface area (Å²) in [6.07, 6.45) is 9.89. The Hall–Kier alpha value is -4.52. The Bertz CT molecular complexity index is 2210. The fourth-order valence-corrected chi connectivity index (χ4v) is 9.55. The second-order valence-corrected chi connectivity index (χ2v) is 14.1. The van der Waals surface area contributed by atoms with Crippen molar-refractivity contribution >= 4 is 55.7 Å². The summed E-state index contributed by atoms with van der Waals surface area (Å²) in [5.74, 6) is -0.356. The molecular formula is C40H36N2O4. The highest BCUT2D eigenvalue weighted by Crippen LogP contribution is 2.51. The molecule has 0 aromatic heterocycles. The van der Waals surface area contributed by atoms with Crippen LogP contribution in [-0.2, 0) is 0 Å². The molecule has 0 heterocycles. The van der Waals surface area contributed by atoms with Crippen LogP contribution in [0, 0.1) is 46.3 Å². The molecule has 5 unspecified atom stereocenters. The number of hydrogen-bond acceptors (Lipinski definition) is 6. The van der Waals surface area contributed by atoms with Gasteiger partial charge in [0.05, 0.1) is 29.4 Å². The van der Waals surface area contributed by atoms with Crippen molar-refractivity contribution < 1.29 is 19.8 Å². The molecule has 5 atom stereocenters. The molecule has 4 aliphatic rings. The van der Waals surface area contributed by atoms with Crippen LogP contribution in [0.15, 0.2) is 30.3 Å². The van der Waals surface area contributed by atoms with Crippen molar-refractivity contribution in [3.05, 3.63) is 68.9 Å². The Morgan fingerprint density at radius 1 is 0.891 bits per heavy atom. The van der Waals surface area contributed by atoms with Gasteiger partial charge in [0.1, 0.15) is 5.76 Å². The molecule has 6 nitrogen and oxygen atoms in total. The van der Waals surface area contributed by atoms with E-state index in [-0.39, 0.29) is 47.9 Å². The van der Waals surface area contributed by atoms with E-state index in [1.807, 2.05) is 31.2 Å². The molecule has 0 amide bonds. The van der Waals surface area contributed by atoms with Gasteiger partial charge in [-0.3, -0.25) is 9.59 Å². The maximum absolute atomic E-state index is 14.1. The molecule has 0 aliphatic heterocycles. The molecule has 0 radical (unpaired) electrons. The van der Waals surface area contributed by atoms with Crippen molar-refractivity contribution in [1.82, 2.24) is 0 Å². The summed E-state index contributed by atoms with van der Waals surface area (Å²) in [5.41, 5.74) is 3.02. The molecule has 1 saturated carbocycles. The van der Waals surface area contributed by atoms with E-state index in [1.165, 1.54) is 19.3 Å². The van der Waals surface area contributed by atoms with Crippen LogP contribution in [0.4, 0.5) is 0 Å². The van der Waals surface area contributed by atoms with Crippen molar-refractivity contribution in [2.24, 2.45) is 23.7 Å². The van der Waals surface area contributed by atoms with Crippen LogP contribution in [0.25, 0.3) is 44.2 Å². The average molecular weight is 609 g/mol. The van der Waals surface area contributed by atoms with E-state index in [1.54, 1.807) is 12.1 Å². The predicted octanol–water partition coefficient (Wildman–Crippen LogP) is 7.78. The molecule has 6 heteroatoms. The van der Waals surface area contributed by atoms with Crippen LogP contribution in [0.5, 0.6) is 0 Å². The van der Waals surface area contributed by atoms with Gasteiger partial charge in [-0.2, -0.15) is 10.5 Å². The highest BCUT2D eigenvalue weighted by Gasteiger charge is 2.40. The lowest BCUT2D eigenvalue weighted by molar-refractivity contribution is 0.0766. The summed E-state index contributed by atoms with van der Waals surface area (Å²) >= 11 is 0. The molecule has 4 aliphatic carbocycles. The lowest BCUT2D eigenvalue weighted by Crippen LogP contribution is -2.27. The summed E-state index contributed by atoms with van der Waals surface area (Å²) in [5, 5.41) is 49.3. The first-order chi connectivity index (χ1) is 22.3. The Balaban J connectivity index is 1.52. The molecule has 46 heavy (non-hydrogen) atoms. The van der Waals surface area contributed by atoms with Gasteiger partial charge in [0.15, 0.2) is 11.6 Å². The summed E-state index contributed by atoms with van der Waals surface area (Å²) < 4.78 is 0. The molecule has 0 bridgehead atoms. The zero-order valence-electron chi connectivity index (χ0n) is 26.2. The Morgan fingerprint density at radius 3 is 2.30 bits per heavy atom. The normalized spacial score (nSPS) is 25.0. The van der Waals surface area contributed by atoms with Crippen molar-refractivity contribution in [2.75, 3.05) is 0 Å². The topological polar surface area (TPSA) is 122 Å². The third kappa shape index (κ3) is 3.83. The maximum atomic E-state index is 14.1. The molecule has 0 spiro atoms. The lowest BCUT2D eigenvalue weighted by Gasteiger charge is -2.32. The Labute approximate surface area is 267 Å². The van der Waals surface area contributed by atoms with Crippen molar-refractivity contribution in [3.63, 3.8) is 0 Å². The smallest absolute Gasteiger partial charge is 0.164 e. The summed E-state index contributed by atoms with van der Waals surface area (Å²) in [7, 11) is 0. The molecular weight excluding hydrogens is 572 g/mol. The van der Waals surface area contributed by atoms with Crippen molar-refractivity contribution in [2.45, 2.75) is 77.2 Å². The minimum absolute atomic E-state index is 0.0880. The van der Waals surface area contributed by atoms with E-state index in [2.05, 4.69) is 19.1 Å². The van der Waals surface area contributed by atoms with E-state index in [0.29, 0.717) is 77.9 Å². The largest absolute Gasteiger partial charge is 0.511 e. The van der Waals surface area contributed by atoms with Gasteiger partial charge >= 0.3 is 0 Å². The molecule has 4 aromatic carbocycles. The number of Topliss-reactive ketones (excluding diaryl/α,β-unsaturated/α-hetero) is 2. The summed E-state index contributed by atoms with van der Waals surface area (Å²) in [4.78, 5) is 27.8. The first kappa shape index (κ1) is 28.9. The van der Waals surface area contributed by atoms with Crippen molar-refractivity contribution in [3.8, 4) is 12.1 Å². The number of carbonyl (C=O) groups excluding carboxylic acids is 2. The second-order valence-electron chi connectivity index (χ2n) is 14.1. The van der Waals surface area contributed by atoms with Crippen LogP contribution in [0.1, 0.15) is 114 Å². The highest BCUT2D eigenvalue weighted by atomic mass is 16.3. The minimum Gasteiger partial charge on any atom is -0.511 e. The van der Waals surface area contributed by atoms with Gasteiger partial charge in [-0.15, -0.1) is 0 Å². The zero-order valence-corrected chi connectivity index (χ0v) is 26.2. The number of aliphatic hydroxyl groups is 2. The second kappa shape index (κ2) is 10.5. The first-order valence-corrected chi connectivity index (χ1v) is 16.8. The SMILES string of the molecule is CCC1CC(=O)c2cc(C#N)c3c4c2C(C=Cc4c2c(C#N)cc4c5c(ccc3c25)=C(O)C(C(C)C2CCCCC2)CC4=O)C1O. The van der Waals surface area contributed by atoms with Gasteiger partial charge in [0, 0.05) is 62.6 Å². The Morgan fingerprint density at radius 2 is 1.59 bits per heavy atom. The maximum Gasteiger partial charge on any atom is 0.164 e.